The standard InChI is InChI=1S/C9H10ClF2N3O/c10-7-1-8(14-5-13-7)15-4-9(11,12)2-6(15)3-16/h1,5-6,16H,2-4H2/t6-/m0/s1. The summed E-state index contributed by atoms with van der Waals surface area (Å²) in [5.41, 5.74) is 0. The molecule has 1 saturated heterocycles. The molecule has 1 aromatic heterocycles. The molecular weight excluding hydrogens is 240 g/mol. The van der Waals surface area contributed by atoms with Gasteiger partial charge in [0.1, 0.15) is 17.3 Å². The summed E-state index contributed by atoms with van der Waals surface area (Å²) in [6, 6.07) is 0.784. The third-order valence-electron chi connectivity index (χ3n) is 2.50. The summed E-state index contributed by atoms with van der Waals surface area (Å²) in [6.07, 6.45) is 0.841. The summed E-state index contributed by atoms with van der Waals surface area (Å²) in [5, 5.41) is 9.24. The maximum atomic E-state index is 13.2. The average Bonchev–Trinajstić information content (AvgIpc) is 2.54. The van der Waals surface area contributed by atoms with E-state index in [1.807, 2.05) is 0 Å². The van der Waals surface area contributed by atoms with Crippen molar-refractivity contribution in [3.8, 4) is 0 Å². The second-order valence-corrected chi connectivity index (χ2v) is 4.11. The van der Waals surface area contributed by atoms with Gasteiger partial charge in [-0.15, -0.1) is 0 Å². The molecule has 1 aliphatic heterocycles. The van der Waals surface area contributed by atoms with Crippen molar-refractivity contribution in [2.24, 2.45) is 0 Å². The van der Waals surface area contributed by atoms with E-state index in [1.165, 1.54) is 17.3 Å². The van der Waals surface area contributed by atoms with Crippen LogP contribution in [0.5, 0.6) is 0 Å². The Morgan fingerprint density at radius 3 is 2.94 bits per heavy atom. The maximum absolute atomic E-state index is 13.2. The molecule has 1 aromatic rings. The van der Waals surface area contributed by atoms with Gasteiger partial charge in [-0.3, -0.25) is 0 Å². The fraction of sp³-hybridized carbons (Fsp3) is 0.556. The Morgan fingerprint density at radius 1 is 1.56 bits per heavy atom. The molecule has 7 heteroatoms. The summed E-state index contributed by atoms with van der Waals surface area (Å²) < 4.78 is 26.4. The number of aliphatic hydroxyl groups is 1. The molecule has 1 N–H and O–H groups in total. The summed E-state index contributed by atoms with van der Waals surface area (Å²) >= 11 is 5.66. The first-order chi connectivity index (χ1) is 7.52. The molecule has 16 heavy (non-hydrogen) atoms. The fourth-order valence-electron chi connectivity index (χ4n) is 1.81. The van der Waals surface area contributed by atoms with Crippen LogP contribution in [0.15, 0.2) is 12.4 Å². The number of rotatable bonds is 2. The lowest BCUT2D eigenvalue weighted by molar-refractivity contribution is 0.0201. The van der Waals surface area contributed by atoms with E-state index in [4.69, 9.17) is 16.7 Å². The molecule has 0 saturated carbocycles. The van der Waals surface area contributed by atoms with E-state index >= 15 is 0 Å². The van der Waals surface area contributed by atoms with Crippen molar-refractivity contribution >= 4 is 17.4 Å². The Kier molecular flexibility index (Phi) is 2.94. The largest absolute Gasteiger partial charge is 0.394 e. The van der Waals surface area contributed by atoms with Gasteiger partial charge in [0, 0.05) is 12.5 Å². The average molecular weight is 250 g/mol. The Labute approximate surface area is 95.9 Å². The Morgan fingerprint density at radius 2 is 2.31 bits per heavy atom. The molecule has 1 aliphatic rings. The van der Waals surface area contributed by atoms with Crippen LogP contribution < -0.4 is 4.90 Å². The number of anilines is 1. The summed E-state index contributed by atoms with van der Waals surface area (Å²) in [5.74, 6) is -2.48. The highest BCUT2D eigenvalue weighted by molar-refractivity contribution is 6.29. The molecule has 1 fully saturated rings. The van der Waals surface area contributed by atoms with Crippen LogP contribution in [0.1, 0.15) is 6.42 Å². The molecule has 2 heterocycles. The first-order valence-corrected chi connectivity index (χ1v) is 5.12. The van der Waals surface area contributed by atoms with E-state index in [2.05, 4.69) is 9.97 Å². The number of alkyl halides is 2. The van der Waals surface area contributed by atoms with Gasteiger partial charge in [-0.25, -0.2) is 18.7 Å². The van der Waals surface area contributed by atoms with Crippen LogP contribution in [0, 0.1) is 0 Å². The number of halogens is 3. The SMILES string of the molecule is OC[C@@H]1CC(F)(F)CN1c1cc(Cl)ncn1. The van der Waals surface area contributed by atoms with Gasteiger partial charge < -0.3 is 10.0 Å². The lowest BCUT2D eigenvalue weighted by Gasteiger charge is -2.22. The van der Waals surface area contributed by atoms with Gasteiger partial charge in [0.25, 0.3) is 5.92 Å². The molecular formula is C9H10ClF2N3O. The zero-order chi connectivity index (χ0) is 11.8. The van der Waals surface area contributed by atoms with E-state index < -0.39 is 18.5 Å². The van der Waals surface area contributed by atoms with Crippen molar-refractivity contribution in [1.82, 2.24) is 9.97 Å². The Hall–Kier alpha value is -1.01. The van der Waals surface area contributed by atoms with Gasteiger partial charge in [-0.1, -0.05) is 11.6 Å². The molecule has 2 rings (SSSR count). The van der Waals surface area contributed by atoms with Crippen LogP contribution in [-0.4, -0.2) is 40.2 Å². The molecule has 88 valence electrons. The van der Waals surface area contributed by atoms with Crippen molar-refractivity contribution in [3.05, 3.63) is 17.5 Å². The zero-order valence-electron chi connectivity index (χ0n) is 8.28. The van der Waals surface area contributed by atoms with Crippen molar-refractivity contribution in [2.75, 3.05) is 18.1 Å². The predicted molar refractivity (Wildman–Crippen MR) is 54.8 cm³/mol. The van der Waals surface area contributed by atoms with E-state index in [9.17, 15) is 8.78 Å². The smallest absolute Gasteiger partial charge is 0.267 e. The minimum Gasteiger partial charge on any atom is -0.394 e. The van der Waals surface area contributed by atoms with Crippen LogP contribution in [0.2, 0.25) is 5.15 Å². The molecule has 0 amide bonds. The fourth-order valence-corrected chi connectivity index (χ4v) is 1.95. The number of hydrogen-bond donors (Lipinski definition) is 1. The lowest BCUT2D eigenvalue weighted by atomic mass is 10.2. The first-order valence-electron chi connectivity index (χ1n) is 4.75. The van der Waals surface area contributed by atoms with E-state index in [-0.39, 0.29) is 18.2 Å². The number of nitrogens with zero attached hydrogens (tertiary/aromatic N) is 3. The van der Waals surface area contributed by atoms with Crippen LogP contribution in [-0.2, 0) is 0 Å². The zero-order valence-corrected chi connectivity index (χ0v) is 9.03. The van der Waals surface area contributed by atoms with Crippen molar-refractivity contribution in [1.29, 1.82) is 0 Å². The molecule has 0 aromatic carbocycles. The minimum absolute atomic E-state index is 0.192. The van der Waals surface area contributed by atoms with Gasteiger partial charge >= 0.3 is 0 Å². The van der Waals surface area contributed by atoms with Crippen molar-refractivity contribution < 1.29 is 13.9 Å². The molecule has 0 radical (unpaired) electrons. The summed E-state index contributed by atoms with van der Waals surface area (Å²) in [4.78, 5) is 8.90. The molecule has 0 unspecified atom stereocenters. The quantitative estimate of drug-likeness (QED) is 0.804. The van der Waals surface area contributed by atoms with Gasteiger partial charge in [-0.2, -0.15) is 0 Å². The Balaban J connectivity index is 2.26. The highest BCUT2D eigenvalue weighted by Crippen LogP contribution is 2.34. The Bertz CT molecular complexity index is 391. The first kappa shape index (κ1) is 11.5. The predicted octanol–water partition coefficient (Wildman–Crippen LogP) is 1.34. The number of aromatic nitrogens is 2. The second-order valence-electron chi connectivity index (χ2n) is 3.72. The molecule has 4 nitrogen and oxygen atoms in total. The molecule has 1 atom stereocenters. The summed E-state index contributed by atoms with van der Waals surface area (Å²) in [7, 11) is 0. The monoisotopic (exact) mass is 249 g/mol. The van der Waals surface area contributed by atoms with Crippen molar-refractivity contribution in [2.45, 2.75) is 18.4 Å². The molecule has 0 aliphatic carbocycles. The highest BCUT2D eigenvalue weighted by atomic mass is 35.5. The van der Waals surface area contributed by atoms with Gasteiger partial charge in [0.15, 0.2) is 0 Å². The number of aliphatic hydroxyl groups excluding tert-OH is 1. The number of hydrogen-bond acceptors (Lipinski definition) is 4. The van der Waals surface area contributed by atoms with Gasteiger partial charge in [0.05, 0.1) is 19.2 Å². The second kappa shape index (κ2) is 4.10. The third kappa shape index (κ3) is 2.22. The summed E-state index contributed by atoms with van der Waals surface area (Å²) in [6.45, 7) is -0.789. The topological polar surface area (TPSA) is 49.2 Å². The lowest BCUT2D eigenvalue weighted by Crippen LogP contribution is -2.33. The van der Waals surface area contributed by atoms with Crippen LogP contribution >= 0.6 is 11.6 Å². The highest BCUT2D eigenvalue weighted by Gasteiger charge is 2.45. The third-order valence-corrected chi connectivity index (χ3v) is 2.71. The van der Waals surface area contributed by atoms with Gasteiger partial charge in [0.2, 0.25) is 0 Å². The normalized spacial score (nSPS) is 23.8. The maximum Gasteiger partial charge on any atom is 0.267 e. The van der Waals surface area contributed by atoms with E-state index in [0.717, 1.165) is 0 Å². The van der Waals surface area contributed by atoms with Crippen LogP contribution in [0.25, 0.3) is 0 Å². The van der Waals surface area contributed by atoms with E-state index in [1.54, 1.807) is 0 Å². The van der Waals surface area contributed by atoms with Crippen LogP contribution in [0.3, 0.4) is 0 Å². The molecule has 0 bridgehead atoms. The van der Waals surface area contributed by atoms with Crippen LogP contribution in [0.4, 0.5) is 14.6 Å². The molecule has 0 spiro atoms. The minimum atomic E-state index is -2.80. The van der Waals surface area contributed by atoms with Gasteiger partial charge in [-0.05, 0) is 0 Å². The van der Waals surface area contributed by atoms with E-state index in [0.29, 0.717) is 5.82 Å². The van der Waals surface area contributed by atoms with Crippen molar-refractivity contribution in [3.63, 3.8) is 0 Å².